The van der Waals surface area contributed by atoms with Crippen LogP contribution >= 0.6 is 0 Å². The largest absolute Gasteiger partial charge is 0.486 e. The number of hydrogen-bond acceptors (Lipinski definition) is 2. The van der Waals surface area contributed by atoms with E-state index in [1.165, 1.54) is 24.3 Å². The molecule has 1 N–H and O–H groups in total. The van der Waals surface area contributed by atoms with Gasteiger partial charge in [-0.3, -0.25) is 0 Å². The molecule has 108 valence electrons. The molecular weight excluding hydrogens is 274 g/mol. The van der Waals surface area contributed by atoms with Gasteiger partial charge in [0.05, 0.1) is 0 Å². The summed E-state index contributed by atoms with van der Waals surface area (Å²) in [4.78, 5) is 0. The standard InChI is InChI=1S/C17H14F2O2/c1-12-4-7-16(19)17(9-12)21-11-14-5-6-15(18)10-13(14)3-2-8-20/h4-7,9-10,20H,8,11H2,1H3. The highest BCUT2D eigenvalue weighted by atomic mass is 19.1. The Bertz CT molecular complexity index is 700. The maximum absolute atomic E-state index is 13.6. The molecule has 21 heavy (non-hydrogen) atoms. The summed E-state index contributed by atoms with van der Waals surface area (Å²) in [5, 5.41) is 8.71. The second kappa shape index (κ2) is 6.87. The van der Waals surface area contributed by atoms with Crippen molar-refractivity contribution in [3.8, 4) is 17.6 Å². The van der Waals surface area contributed by atoms with Crippen molar-refractivity contribution in [2.75, 3.05) is 6.61 Å². The van der Waals surface area contributed by atoms with Crippen LogP contribution in [0.15, 0.2) is 36.4 Å². The molecule has 0 unspecified atom stereocenters. The molecule has 4 heteroatoms. The summed E-state index contributed by atoms with van der Waals surface area (Å²) in [6, 6.07) is 8.66. The van der Waals surface area contributed by atoms with E-state index in [0.717, 1.165) is 5.56 Å². The zero-order chi connectivity index (χ0) is 15.2. The molecular formula is C17H14F2O2. The summed E-state index contributed by atoms with van der Waals surface area (Å²) in [5.41, 5.74) is 1.92. The molecule has 0 spiro atoms. The smallest absolute Gasteiger partial charge is 0.165 e. The summed E-state index contributed by atoms with van der Waals surface area (Å²) >= 11 is 0. The fourth-order valence-corrected chi connectivity index (χ4v) is 1.80. The van der Waals surface area contributed by atoms with Crippen LogP contribution in [0.25, 0.3) is 0 Å². The average Bonchev–Trinajstić information content (AvgIpc) is 2.47. The highest BCUT2D eigenvalue weighted by Gasteiger charge is 2.07. The second-order valence-corrected chi connectivity index (χ2v) is 4.48. The van der Waals surface area contributed by atoms with Gasteiger partial charge in [0.25, 0.3) is 0 Å². The average molecular weight is 288 g/mol. The van der Waals surface area contributed by atoms with Crippen LogP contribution in [0, 0.1) is 30.4 Å². The summed E-state index contributed by atoms with van der Waals surface area (Å²) in [6.07, 6.45) is 0. The van der Waals surface area contributed by atoms with Gasteiger partial charge in [-0.1, -0.05) is 24.0 Å². The van der Waals surface area contributed by atoms with E-state index in [2.05, 4.69) is 11.8 Å². The van der Waals surface area contributed by atoms with Crippen molar-refractivity contribution in [1.82, 2.24) is 0 Å². The molecule has 0 aliphatic rings. The quantitative estimate of drug-likeness (QED) is 0.879. The predicted octanol–water partition coefficient (Wildman–Crippen LogP) is 3.20. The Morgan fingerprint density at radius 2 is 1.95 bits per heavy atom. The van der Waals surface area contributed by atoms with Gasteiger partial charge < -0.3 is 9.84 Å². The van der Waals surface area contributed by atoms with E-state index in [1.807, 2.05) is 6.92 Å². The fraction of sp³-hybridized carbons (Fsp3) is 0.176. The maximum atomic E-state index is 13.6. The van der Waals surface area contributed by atoms with E-state index < -0.39 is 11.6 Å². The molecule has 0 heterocycles. The van der Waals surface area contributed by atoms with Crippen LogP contribution in [0.5, 0.6) is 5.75 Å². The van der Waals surface area contributed by atoms with Crippen LogP contribution in [-0.4, -0.2) is 11.7 Å². The van der Waals surface area contributed by atoms with Gasteiger partial charge in [0.15, 0.2) is 11.6 Å². The number of aliphatic hydroxyl groups is 1. The molecule has 0 radical (unpaired) electrons. The number of aryl methyl sites for hydroxylation is 1. The number of hydrogen-bond donors (Lipinski definition) is 1. The Balaban J connectivity index is 2.21. The second-order valence-electron chi connectivity index (χ2n) is 4.48. The van der Waals surface area contributed by atoms with Crippen molar-refractivity contribution in [3.05, 3.63) is 64.7 Å². The van der Waals surface area contributed by atoms with Crippen LogP contribution in [0.2, 0.25) is 0 Å². The minimum atomic E-state index is -0.453. The SMILES string of the molecule is Cc1ccc(F)c(OCc2ccc(F)cc2C#CCO)c1. The van der Waals surface area contributed by atoms with Gasteiger partial charge in [-0.2, -0.15) is 0 Å². The van der Waals surface area contributed by atoms with Gasteiger partial charge in [-0.05, 0) is 36.8 Å². The third-order valence-corrected chi connectivity index (χ3v) is 2.84. The fourth-order valence-electron chi connectivity index (χ4n) is 1.80. The monoisotopic (exact) mass is 288 g/mol. The number of benzene rings is 2. The van der Waals surface area contributed by atoms with Crippen molar-refractivity contribution in [1.29, 1.82) is 0 Å². The first-order chi connectivity index (χ1) is 10.1. The van der Waals surface area contributed by atoms with Crippen LogP contribution in [0.4, 0.5) is 8.78 Å². The Labute approximate surface area is 122 Å². The lowest BCUT2D eigenvalue weighted by atomic mass is 10.1. The van der Waals surface area contributed by atoms with Crippen molar-refractivity contribution < 1.29 is 18.6 Å². The minimum Gasteiger partial charge on any atom is -0.486 e. The van der Waals surface area contributed by atoms with Crippen molar-refractivity contribution in [2.24, 2.45) is 0 Å². The van der Waals surface area contributed by atoms with Crippen LogP contribution in [0.1, 0.15) is 16.7 Å². The van der Waals surface area contributed by atoms with Gasteiger partial charge in [-0.15, -0.1) is 0 Å². The molecule has 2 nitrogen and oxygen atoms in total. The van der Waals surface area contributed by atoms with Crippen molar-refractivity contribution in [2.45, 2.75) is 13.5 Å². The molecule has 0 saturated carbocycles. The Morgan fingerprint density at radius 1 is 1.14 bits per heavy atom. The molecule has 0 aromatic heterocycles. The van der Waals surface area contributed by atoms with Gasteiger partial charge in [0.2, 0.25) is 0 Å². The minimum absolute atomic E-state index is 0.0656. The molecule has 0 atom stereocenters. The first kappa shape index (κ1) is 15.0. The lowest BCUT2D eigenvalue weighted by Gasteiger charge is -2.10. The van der Waals surface area contributed by atoms with E-state index in [9.17, 15) is 8.78 Å². The number of halogens is 2. The van der Waals surface area contributed by atoms with E-state index in [1.54, 1.807) is 12.1 Å². The molecule has 0 aliphatic carbocycles. The zero-order valence-electron chi connectivity index (χ0n) is 11.5. The number of ether oxygens (including phenoxy) is 1. The van der Waals surface area contributed by atoms with Crippen molar-refractivity contribution in [3.63, 3.8) is 0 Å². The Kier molecular flexibility index (Phi) is 4.91. The molecule has 0 saturated heterocycles. The Morgan fingerprint density at radius 3 is 2.71 bits per heavy atom. The van der Waals surface area contributed by atoms with Crippen molar-refractivity contribution >= 4 is 0 Å². The first-order valence-electron chi connectivity index (χ1n) is 6.37. The highest BCUT2D eigenvalue weighted by molar-refractivity contribution is 5.42. The third kappa shape index (κ3) is 4.04. The number of aliphatic hydroxyl groups excluding tert-OH is 1. The first-order valence-corrected chi connectivity index (χ1v) is 6.37. The summed E-state index contributed by atoms with van der Waals surface area (Å²) in [6.45, 7) is 1.59. The molecule has 0 aliphatic heterocycles. The summed E-state index contributed by atoms with van der Waals surface area (Å²) < 4.78 is 32.3. The lowest BCUT2D eigenvalue weighted by molar-refractivity contribution is 0.289. The molecule has 2 aromatic carbocycles. The topological polar surface area (TPSA) is 29.5 Å². The molecule has 2 rings (SSSR count). The normalized spacial score (nSPS) is 9.90. The van der Waals surface area contributed by atoms with Gasteiger partial charge in [0, 0.05) is 11.1 Å². The molecule has 0 amide bonds. The van der Waals surface area contributed by atoms with Gasteiger partial charge >= 0.3 is 0 Å². The van der Waals surface area contributed by atoms with E-state index in [0.29, 0.717) is 11.1 Å². The van der Waals surface area contributed by atoms with E-state index in [-0.39, 0.29) is 19.0 Å². The zero-order valence-corrected chi connectivity index (χ0v) is 11.5. The van der Waals surface area contributed by atoms with Crippen LogP contribution in [-0.2, 0) is 6.61 Å². The third-order valence-electron chi connectivity index (χ3n) is 2.84. The summed E-state index contributed by atoms with van der Waals surface area (Å²) in [5.74, 6) is 4.37. The van der Waals surface area contributed by atoms with Crippen LogP contribution in [0.3, 0.4) is 0 Å². The number of rotatable bonds is 3. The highest BCUT2D eigenvalue weighted by Crippen LogP contribution is 2.20. The van der Waals surface area contributed by atoms with Crippen LogP contribution < -0.4 is 4.74 Å². The predicted molar refractivity (Wildman–Crippen MR) is 75.8 cm³/mol. The molecule has 0 fully saturated rings. The van der Waals surface area contributed by atoms with E-state index >= 15 is 0 Å². The summed E-state index contributed by atoms with van der Waals surface area (Å²) in [7, 11) is 0. The van der Waals surface area contributed by atoms with Gasteiger partial charge in [-0.25, -0.2) is 8.78 Å². The van der Waals surface area contributed by atoms with E-state index in [4.69, 9.17) is 9.84 Å². The lowest BCUT2D eigenvalue weighted by Crippen LogP contribution is -2.01. The Hall–Kier alpha value is -2.38. The molecule has 0 bridgehead atoms. The maximum Gasteiger partial charge on any atom is 0.165 e. The molecule has 2 aromatic rings. The van der Waals surface area contributed by atoms with Gasteiger partial charge in [0.1, 0.15) is 19.0 Å².